The molecule has 0 radical (unpaired) electrons. The highest BCUT2D eigenvalue weighted by Gasteiger charge is 2.27. The first kappa shape index (κ1) is 18.7. The third-order valence-electron chi connectivity index (χ3n) is 3.49. The van der Waals surface area contributed by atoms with Crippen molar-refractivity contribution < 1.29 is 9.72 Å². The zero-order valence-electron chi connectivity index (χ0n) is 12.5. The number of piperazine rings is 1. The summed E-state index contributed by atoms with van der Waals surface area (Å²) in [6, 6.07) is 6.51. The van der Waals surface area contributed by atoms with Crippen LogP contribution < -0.4 is 5.32 Å². The van der Waals surface area contributed by atoms with E-state index in [0.717, 1.165) is 24.5 Å². The second kappa shape index (κ2) is 8.36. The number of halogens is 1. The van der Waals surface area contributed by atoms with Gasteiger partial charge in [-0.05, 0) is 26.0 Å². The van der Waals surface area contributed by atoms with Crippen LogP contribution in [0.5, 0.6) is 0 Å². The minimum atomic E-state index is -0.425. The number of hydrogen-bond donors (Lipinski definition) is 1. The van der Waals surface area contributed by atoms with Gasteiger partial charge in [-0.15, -0.1) is 24.2 Å². The molecule has 1 saturated heterocycles. The van der Waals surface area contributed by atoms with Crippen LogP contribution in [0.3, 0.4) is 0 Å². The van der Waals surface area contributed by atoms with Crippen LogP contribution in [0, 0.1) is 10.1 Å². The van der Waals surface area contributed by atoms with Crippen LogP contribution in [-0.4, -0.2) is 46.7 Å². The van der Waals surface area contributed by atoms with E-state index in [1.165, 1.54) is 23.9 Å². The van der Waals surface area contributed by atoms with Gasteiger partial charge in [-0.3, -0.25) is 14.9 Å². The molecule has 1 aliphatic heterocycles. The largest absolute Gasteiger partial charge is 0.336 e. The van der Waals surface area contributed by atoms with Crippen LogP contribution >= 0.6 is 24.2 Å². The molecule has 122 valence electrons. The summed E-state index contributed by atoms with van der Waals surface area (Å²) in [4.78, 5) is 25.4. The van der Waals surface area contributed by atoms with Crippen molar-refractivity contribution in [2.75, 3.05) is 19.6 Å². The molecule has 2 unspecified atom stereocenters. The van der Waals surface area contributed by atoms with E-state index in [1.54, 1.807) is 12.1 Å². The summed E-state index contributed by atoms with van der Waals surface area (Å²) in [5, 5.41) is 13.7. The summed E-state index contributed by atoms with van der Waals surface area (Å²) in [5.74, 6) is 0.118. The highest BCUT2D eigenvalue weighted by atomic mass is 35.5. The van der Waals surface area contributed by atoms with Gasteiger partial charge in [0.05, 0.1) is 10.2 Å². The van der Waals surface area contributed by atoms with Crippen molar-refractivity contribution in [2.45, 2.75) is 30.0 Å². The second-order valence-electron chi connectivity index (χ2n) is 5.10. The summed E-state index contributed by atoms with van der Waals surface area (Å²) in [6.45, 7) is 6.29. The highest BCUT2D eigenvalue weighted by molar-refractivity contribution is 8.00. The molecule has 2 rings (SSSR count). The van der Waals surface area contributed by atoms with Gasteiger partial charge >= 0.3 is 0 Å². The van der Waals surface area contributed by atoms with Gasteiger partial charge in [0, 0.05) is 42.7 Å². The molecule has 1 N–H and O–H groups in total. The molecule has 6 nitrogen and oxygen atoms in total. The summed E-state index contributed by atoms with van der Waals surface area (Å²) < 4.78 is 0. The lowest BCUT2D eigenvalue weighted by atomic mass is 10.2. The fourth-order valence-corrected chi connectivity index (χ4v) is 3.24. The molecule has 0 spiro atoms. The van der Waals surface area contributed by atoms with Crippen molar-refractivity contribution >= 4 is 35.8 Å². The van der Waals surface area contributed by atoms with Crippen LogP contribution in [0.25, 0.3) is 0 Å². The molecule has 0 bridgehead atoms. The average Bonchev–Trinajstić information content (AvgIpc) is 2.47. The van der Waals surface area contributed by atoms with Gasteiger partial charge in [0.15, 0.2) is 0 Å². The molecule has 0 saturated carbocycles. The minimum Gasteiger partial charge on any atom is -0.336 e. The Kier molecular flexibility index (Phi) is 7.12. The first-order valence-corrected chi connectivity index (χ1v) is 7.79. The molecule has 2 atom stereocenters. The minimum absolute atomic E-state index is 0. The summed E-state index contributed by atoms with van der Waals surface area (Å²) in [6.07, 6.45) is 0. The maximum atomic E-state index is 12.5. The Morgan fingerprint density at radius 1 is 1.45 bits per heavy atom. The van der Waals surface area contributed by atoms with E-state index < -0.39 is 4.92 Å². The fraction of sp³-hybridized carbons (Fsp3) is 0.500. The Morgan fingerprint density at radius 3 is 2.64 bits per heavy atom. The number of carbonyl (C=O) groups excluding carboxylic acids is 1. The van der Waals surface area contributed by atoms with E-state index in [4.69, 9.17) is 0 Å². The van der Waals surface area contributed by atoms with Gasteiger partial charge in [0.25, 0.3) is 5.69 Å². The molecular formula is C14H20ClN3O3S. The SMILES string of the molecule is CC(Sc1ccc([N+](=O)[O-])cc1)C(=O)N1CCNCC1C.Cl. The Bertz CT molecular complexity index is 527. The second-order valence-corrected chi connectivity index (χ2v) is 6.51. The van der Waals surface area contributed by atoms with E-state index in [2.05, 4.69) is 5.32 Å². The highest BCUT2D eigenvalue weighted by Crippen LogP contribution is 2.27. The third kappa shape index (κ3) is 4.59. The van der Waals surface area contributed by atoms with E-state index in [1.807, 2.05) is 18.7 Å². The van der Waals surface area contributed by atoms with Gasteiger partial charge in [-0.2, -0.15) is 0 Å². The Balaban J connectivity index is 0.00000242. The zero-order valence-corrected chi connectivity index (χ0v) is 14.2. The lowest BCUT2D eigenvalue weighted by Crippen LogP contribution is -2.54. The van der Waals surface area contributed by atoms with Crippen LogP contribution in [-0.2, 0) is 4.79 Å². The predicted octanol–water partition coefficient (Wildman–Crippen LogP) is 2.32. The number of benzene rings is 1. The molecule has 1 aromatic rings. The van der Waals surface area contributed by atoms with Gasteiger partial charge in [-0.25, -0.2) is 0 Å². The van der Waals surface area contributed by atoms with Gasteiger partial charge in [0.2, 0.25) is 5.91 Å². The first-order chi connectivity index (χ1) is 9.99. The maximum absolute atomic E-state index is 12.5. The Labute approximate surface area is 140 Å². The number of nitrogens with zero attached hydrogens (tertiary/aromatic N) is 2. The number of nitrogens with one attached hydrogen (secondary N) is 1. The monoisotopic (exact) mass is 345 g/mol. The number of nitro groups is 1. The van der Waals surface area contributed by atoms with E-state index >= 15 is 0 Å². The molecule has 1 aromatic carbocycles. The number of carbonyl (C=O) groups is 1. The lowest BCUT2D eigenvalue weighted by molar-refractivity contribution is -0.384. The Morgan fingerprint density at radius 2 is 2.09 bits per heavy atom. The van der Waals surface area contributed by atoms with Crippen molar-refractivity contribution in [1.29, 1.82) is 0 Å². The van der Waals surface area contributed by atoms with Crippen molar-refractivity contribution in [3.8, 4) is 0 Å². The summed E-state index contributed by atoms with van der Waals surface area (Å²) in [5.41, 5.74) is 0.0639. The van der Waals surface area contributed by atoms with Crippen molar-refractivity contribution in [3.63, 3.8) is 0 Å². The van der Waals surface area contributed by atoms with Gasteiger partial charge < -0.3 is 10.2 Å². The number of rotatable bonds is 4. The molecule has 1 heterocycles. The molecule has 1 fully saturated rings. The molecule has 8 heteroatoms. The molecule has 22 heavy (non-hydrogen) atoms. The number of thioether (sulfide) groups is 1. The number of nitro benzene ring substituents is 1. The topological polar surface area (TPSA) is 75.5 Å². The quantitative estimate of drug-likeness (QED) is 0.515. The smallest absolute Gasteiger partial charge is 0.269 e. The fourth-order valence-electron chi connectivity index (χ4n) is 2.30. The van der Waals surface area contributed by atoms with Crippen LogP contribution in [0.1, 0.15) is 13.8 Å². The predicted molar refractivity (Wildman–Crippen MR) is 89.7 cm³/mol. The van der Waals surface area contributed by atoms with Gasteiger partial charge in [-0.1, -0.05) is 0 Å². The molecule has 0 aromatic heterocycles. The first-order valence-electron chi connectivity index (χ1n) is 6.91. The molecular weight excluding hydrogens is 326 g/mol. The number of non-ortho nitro benzene ring substituents is 1. The van der Waals surface area contributed by atoms with Gasteiger partial charge in [0.1, 0.15) is 0 Å². The summed E-state index contributed by atoms with van der Waals surface area (Å²) >= 11 is 1.43. The standard InChI is InChI=1S/C14H19N3O3S.ClH/c1-10-9-15-7-8-16(10)14(18)11(2)21-13-5-3-12(4-6-13)17(19)20;/h3-6,10-11,15H,7-9H2,1-2H3;1H. The maximum Gasteiger partial charge on any atom is 0.269 e. The van der Waals surface area contributed by atoms with Crippen LogP contribution in [0.15, 0.2) is 29.2 Å². The van der Waals surface area contributed by atoms with E-state index in [9.17, 15) is 14.9 Å². The molecule has 1 aliphatic rings. The summed E-state index contributed by atoms with van der Waals surface area (Å²) in [7, 11) is 0. The van der Waals surface area contributed by atoms with Crippen molar-refractivity contribution in [2.24, 2.45) is 0 Å². The zero-order chi connectivity index (χ0) is 15.4. The van der Waals surface area contributed by atoms with Crippen molar-refractivity contribution in [3.05, 3.63) is 34.4 Å². The third-order valence-corrected chi connectivity index (χ3v) is 4.59. The normalized spacial score (nSPS) is 19.2. The average molecular weight is 346 g/mol. The Hall–Kier alpha value is -1.31. The van der Waals surface area contributed by atoms with Crippen LogP contribution in [0.2, 0.25) is 0 Å². The van der Waals surface area contributed by atoms with E-state index in [-0.39, 0.29) is 35.3 Å². The van der Waals surface area contributed by atoms with E-state index in [0.29, 0.717) is 0 Å². The number of amides is 1. The van der Waals surface area contributed by atoms with Crippen molar-refractivity contribution in [1.82, 2.24) is 10.2 Å². The van der Waals surface area contributed by atoms with Crippen LogP contribution in [0.4, 0.5) is 5.69 Å². The lowest BCUT2D eigenvalue weighted by Gasteiger charge is -2.35. The molecule has 1 amide bonds. The number of hydrogen-bond acceptors (Lipinski definition) is 5. The molecule has 0 aliphatic carbocycles.